The summed E-state index contributed by atoms with van der Waals surface area (Å²) >= 11 is 11.9. The molecule has 7 nitrogen and oxygen atoms in total. The molecule has 0 bridgehead atoms. The second kappa shape index (κ2) is 8.39. The molecular formula is C20H19Cl2N3O4. The van der Waals surface area contributed by atoms with Gasteiger partial charge in [-0.3, -0.25) is 4.79 Å². The van der Waals surface area contributed by atoms with Gasteiger partial charge in [-0.15, -0.1) is 0 Å². The van der Waals surface area contributed by atoms with Crippen molar-refractivity contribution in [3.8, 4) is 11.5 Å². The smallest absolute Gasteiger partial charge is 0.321 e. The number of carbonyl (C=O) groups is 2. The second-order valence-electron chi connectivity index (χ2n) is 6.74. The van der Waals surface area contributed by atoms with Crippen LogP contribution in [0.3, 0.4) is 0 Å². The van der Waals surface area contributed by atoms with Gasteiger partial charge < -0.3 is 24.6 Å². The first kappa shape index (κ1) is 19.7. The highest BCUT2D eigenvalue weighted by molar-refractivity contribution is 6.42. The molecule has 2 aromatic rings. The maximum Gasteiger partial charge on any atom is 0.321 e. The van der Waals surface area contributed by atoms with Crippen LogP contribution in [0.15, 0.2) is 42.5 Å². The largest absolute Gasteiger partial charge is 0.485 e. The van der Waals surface area contributed by atoms with Gasteiger partial charge in [0.2, 0.25) is 6.10 Å². The predicted molar refractivity (Wildman–Crippen MR) is 110 cm³/mol. The van der Waals surface area contributed by atoms with E-state index < -0.39 is 6.10 Å². The van der Waals surface area contributed by atoms with E-state index in [2.05, 4.69) is 5.32 Å². The van der Waals surface area contributed by atoms with Crippen molar-refractivity contribution in [2.75, 3.05) is 38.1 Å². The fourth-order valence-electron chi connectivity index (χ4n) is 3.25. The molecule has 152 valence electrons. The van der Waals surface area contributed by atoms with Crippen LogP contribution in [-0.2, 0) is 4.79 Å². The van der Waals surface area contributed by atoms with Gasteiger partial charge in [0.05, 0.1) is 10.0 Å². The Morgan fingerprint density at radius 2 is 1.62 bits per heavy atom. The molecule has 0 radical (unpaired) electrons. The molecule has 0 saturated carbocycles. The lowest BCUT2D eigenvalue weighted by molar-refractivity contribution is -0.142. The van der Waals surface area contributed by atoms with Crippen LogP contribution >= 0.6 is 23.2 Å². The summed E-state index contributed by atoms with van der Waals surface area (Å²) in [4.78, 5) is 28.6. The van der Waals surface area contributed by atoms with E-state index in [1.165, 1.54) is 0 Å². The van der Waals surface area contributed by atoms with Crippen LogP contribution in [0.4, 0.5) is 10.5 Å². The van der Waals surface area contributed by atoms with Crippen LogP contribution in [0.5, 0.6) is 11.5 Å². The summed E-state index contributed by atoms with van der Waals surface area (Å²) in [5, 5.41) is 3.59. The minimum atomic E-state index is -0.679. The number of amides is 3. The van der Waals surface area contributed by atoms with Crippen molar-refractivity contribution in [3.05, 3.63) is 52.5 Å². The highest BCUT2D eigenvalue weighted by Gasteiger charge is 2.33. The van der Waals surface area contributed by atoms with E-state index in [0.717, 1.165) is 0 Å². The Labute approximate surface area is 178 Å². The highest BCUT2D eigenvalue weighted by Crippen LogP contribution is 2.31. The Morgan fingerprint density at radius 1 is 0.931 bits per heavy atom. The van der Waals surface area contributed by atoms with Crippen LogP contribution in [0.2, 0.25) is 10.0 Å². The minimum Gasteiger partial charge on any atom is -0.485 e. The van der Waals surface area contributed by atoms with Crippen molar-refractivity contribution in [3.63, 3.8) is 0 Å². The Hall–Kier alpha value is -2.64. The summed E-state index contributed by atoms with van der Waals surface area (Å²) in [5.74, 6) is 1.07. The summed E-state index contributed by atoms with van der Waals surface area (Å²) in [6, 6.07) is 11.9. The molecule has 2 heterocycles. The number of ether oxygens (including phenoxy) is 2. The van der Waals surface area contributed by atoms with E-state index in [-0.39, 0.29) is 18.5 Å². The molecule has 1 saturated heterocycles. The average Bonchev–Trinajstić information content (AvgIpc) is 2.75. The summed E-state index contributed by atoms with van der Waals surface area (Å²) in [6.07, 6.45) is -0.679. The Bertz CT molecular complexity index is 932. The number of hydrogen-bond donors (Lipinski definition) is 1. The molecule has 2 aromatic carbocycles. The zero-order chi connectivity index (χ0) is 20.4. The molecular weight excluding hydrogens is 417 g/mol. The molecule has 2 aliphatic rings. The molecule has 0 aromatic heterocycles. The number of nitrogens with one attached hydrogen (secondary N) is 1. The number of halogens is 2. The fraction of sp³-hybridized carbons (Fsp3) is 0.300. The number of piperazine rings is 1. The third-order valence-electron chi connectivity index (χ3n) is 4.83. The Balaban J connectivity index is 1.30. The number of anilines is 1. The van der Waals surface area contributed by atoms with Crippen molar-refractivity contribution >= 4 is 40.8 Å². The quantitative estimate of drug-likeness (QED) is 0.783. The normalized spacial score (nSPS) is 18.3. The lowest BCUT2D eigenvalue weighted by atomic mass is 10.2. The monoisotopic (exact) mass is 435 g/mol. The molecule has 0 spiro atoms. The highest BCUT2D eigenvalue weighted by atomic mass is 35.5. The van der Waals surface area contributed by atoms with Crippen molar-refractivity contribution in [1.82, 2.24) is 9.80 Å². The maximum atomic E-state index is 12.8. The third kappa shape index (κ3) is 4.36. The number of nitrogens with zero attached hydrogens (tertiary/aromatic N) is 2. The van der Waals surface area contributed by atoms with Gasteiger partial charge in [-0.1, -0.05) is 35.3 Å². The third-order valence-corrected chi connectivity index (χ3v) is 5.57. The first-order chi connectivity index (χ1) is 14.0. The summed E-state index contributed by atoms with van der Waals surface area (Å²) in [6.45, 7) is 1.87. The van der Waals surface area contributed by atoms with Crippen molar-refractivity contribution < 1.29 is 19.1 Å². The number of carbonyl (C=O) groups excluding carboxylic acids is 2. The number of benzene rings is 2. The average molecular weight is 436 g/mol. The maximum absolute atomic E-state index is 12.8. The second-order valence-corrected chi connectivity index (χ2v) is 7.55. The number of urea groups is 1. The van der Waals surface area contributed by atoms with Gasteiger partial charge in [-0.05, 0) is 30.3 Å². The van der Waals surface area contributed by atoms with Gasteiger partial charge in [0.25, 0.3) is 5.91 Å². The fourth-order valence-corrected chi connectivity index (χ4v) is 3.55. The van der Waals surface area contributed by atoms with Crippen molar-refractivity contribution in [2.24, 2.45) is 0 Å². The van der Waals surface area contributed by atoms with Gasteiger partial charge in [0.15, 0.2) is 11.5 Å². The first-order valence-electron chi connectivity index (χ1n) is 9.19. The lowest BCUT2D eigenvalue weighted by Crippen LogP contribution is -2.55. The van der Waals surface area contributed by atoms with Crippen LogP contribution in [0.1, 0.15) is 0 Å². The lowest BCUT2D eigenvalue weighted by Gasteiger charge is -2.37. The van der Waals surface area contributed by atoms with Crippen molar-refractivity contribution in [2.45, 2.75) is 6.10 Å². The van der Waals surface area contributed by atoms with E-state index in [1.54, 1.807) is 40.1 Å². The SMILES string of the molecule is O=C(Nc1ccc(Cl)c(Cl)c1)N1CCN(C(=O)[C@H]2COc3ccccc3O2)CC1. The molecule has 3 amide bonds. The number of para-hydroxylation sites is 2. The number of rotatable bonds is 2. The number of fused-ring (bicyclic) bond motifs is 1. The minimum absolute atomic E-state index is 0.135. The summed E-state index contributed by atoms with van der Waals surface area (Å²) in [7, 11) is 0. The molecule has 29 heavy (non-hydrogen) atoms. The van der Waals surface area contributed by atoms with Crippen LogP contribution in [0, 0.1) is 0 Å². The van der Waals surface area contributed by atoms with Gasteiger partial charge in [-0.2, -0.15) is 0 Å². The molecule has 0 unspecified atom stereocenters. The number of hydrogen-bond acceptors (Lipinski definition) is 4. The standard InChI is InChI=1S/C20H19Cl2N3O4/c21-14-6-5-13(11-15(14)22)23-20(27)25-9-7-24(8-10-25)19(26)18-12-28-16-3-1-2-4-17(16)29-18/h1-6,11,18H,7-10,12H2,(H,23,27)/t18-/m1/s1. The molecule has 1 N–H and O–H groups in total. The van der Waals surface area contributed by atoms with E-state index in [9.17, 15) is 9.59 Å². The van der Waals surface area contributed by atoms with Crippen LogP contribution < -0.4 is 14.8 Å². The van der Waals surface area contributed by atoms with Gasteiger partial charge in [0, 0.05) is 31.9 Å². The zero-order valence-electron chi connectivity index (χ0n) is 15.4. The van der Waals surface area contributed by atoms with Crippen molar-refractivity contribution in [1.29, 1.82) is 0 Å². The molecule has 1 atom stereocenters. The molecule has 9 heteroatoms. The molecule has 0 aliphatic carbocycles. The van der Waals surface area contributed by atoms with E-state index >= 15 is 0 Å². The van der Waals surface area contributed by atoms with E-state index in [4.69, 9.17) is 32.7 Å². The summed E-state index contributed by atoms with van der Waals surface area (Å²) in [5.41, 5.74) is 0.564. The van der Waals surface area contributed by atoms with E-state index in [1.807, 2.05) is 12.1 Å². The summed E-state index contributed by atoms with van der Waals surface area (Å²) < 4.78 is 11.4. The van der Waals surface area contributed by atoms with Gasteiger partial charge >= 0.3 is 6.03 Å². The van der Waals surface area contributed by atoms with E-state index in [0.29, 0.717) is 53.4 Å². The predicted octanol–water partition coefficient (Wildman–Crippen LogP) is 3.51. The Kier molecular flexibility index (Phi) is 5.69. The first-order valence-corrected chi connectivity index (χ1v) is 9.95. The van der Waals surface area contributed by atoms with Gasteiger partial charge in [0.1, 0.15) is 6.61 Å². The van der Waals surface area contributed by atoms with Crippen LogP contribution in [-0.4, -0.2) is 60.6 Å². The topological polar surface area (TPSA) is 71.1 Å². The van der Waals surface area contributed by atoms with Crippen LogP contribution in [0.25, 0.3) is 0 Å². The van der Waals surface area contributed by atoms with Gasteiger partial charge in [-0.25, -0.2) is 4.79 Å². The Morgan fingerprint density at radius 3 is 2.34 bits per heavy atom. The zero-order valence-corrected chi connectivity index (χ0v) is 16.9. The molecule has 2 aliphatic heterocycles. The molecule has 1 fully saturated rings. The molecule has 4 rings (SSSR count).